The maximum Gasteiger partial charge on any atom is 0.0531 e. The van der Waals surface area contributed by atoms with E-state index in [1.54, 1.807) is 0 Å². The lowest BCUT2D eigenvalue weighted by atomic mass is 10.0. The molecule has 0 saturated carbocycles. The van der Waals surface area contributed by atoms with E-state index >= 15 is 0 Å². The first-order valence-corrected chi connectivity index (χ1v) is 7.80. The Labute approximate surface area is 131 Å². The van der Waals surface area contributed by atoms with Crippen LogP contribution in [0, 0.1) is 12.8 Å². The standard InChI is InChI=1S/C21H19N/c1-15-8-9-17(12-15)18-10-11-21-20(13-18)16(2)14-22(21)19-6-4-3-5-7-19/h3-15H,1-2H3. The second kappa shape index (κ2) is 5.03. The molecule has 0 bridgehead atoms. The van der Waals surface area contributed by atoms with Gasteiger partial charge in [0.2, 0.25) is 0 Å². The Balaban J connectivity index is 1.87. The summed E-state index contributed by atoms with van der Waals surface area (Å²) in [6.45, 7) is 4.41. The zero-order valence-electron chi connectivity index (χ0n) is 13.0. The molecule has 1 nitrogen and oxygen atoms in total. The molecule has 1 aliphatic rings. The first-order chi connectivity index (χ1) is 10.7. The summed E-state index contributed by atoms with van der Waals surface area (Å²) < 4.78 is 2.27. The van der Waals surface area contributed by atoms with Crippen molar-refractivity contribution in [3.05, 3.63) is 84.1 Å². The van der Waals surface area contributed by atoms with Crippen LogP contribution in [0.2, 0.25) is 0 Å². The second-order valence-electron chi connectivity index (χ2n) is 6.09. The summed E-state index contributed by atoms with van der Waals surface area (Å²) in [5, 5.41) is 1.33. The van der Waals surface area contributed by atoms with Gasteiger partial charge >= 0.3 is 0 Å². The number of aromatic nitrogens is 1. The number of nitrogens with zero attached hydrogens (tertiary/aromatic N) is 1. The van der Waals surface area contributed by atoms with Gasteiger partial charge in [-0.3, -0.25) is 0 Å². The molecule has 3 aromatic rings. The van der Waals surface area contributed by atoms with Crippen LogP contribution >= 0.6 is 0 Å². The lowest BCUT2D eigenvalue weighted by Crippen LogP contribution is -1.91. The zero-order chi connectivity index (χ0) is 15.1. The number of hydrogen-bond acceptors (Lipinski definition) is 0. The predicted octanol–water partition coefficient (Wildman–Crippen LogP) is 5.53. The minimum atomic E-state index is 0.542. The molecule has 1 heteroatoms. The van der Waals surface area contributed by atoms with E-state index in [1.807, 2.05) is 0 Å². The SMILES string of the molecule is Cc1cn(-c2ccccc2)c2ccc(C3=CC(C)C=C3)cc12. The molecule has 1 aromatic heterocycles. The molecule has 0 spiro atoms. The van der Waals surface area contributed by atoms with Crippen LogP contribution in [-0.2, 0) is 0 Å². The van der Waals surface area contributed by atoms with Crippen LogP contribution in [-0.4, -0.2) is 4.57 Å². The van der Waals surface area contributed by atoms with Crippen LogP contribution in [0.3, 0.4) is 0 Å². The normalized spacial score (nSPS) is 17.2. The summed E-state index contributed by atoms with van der Waals surface area (Å²) in [6.07, 6.45) is 9.03. The smallest absolute Gasteiger partial charge is 0.0531 e. The number of benzene rings is 2. The highest BCUT2D eigenvalue weighted by molar-refractivity contribution is 5.90. The van der Waals surface area contributed by atoms with Gasteiger partial charge in [0, 0.05) is 17.3 Å². The maximum atomic E-state index is 2.32. The molecule has 2 aromatic carbocycles. The Morgan fingerprint density at radius 1 is 1.00 bits per heavy atom. The van der Waals surface area contributed by atoms with E-state index in [2.05, 4.69) is 91.4 Å². The summed E-state index contributed by atoms with van der Waals surface area (Å²) in [4.78, 5) is 0. The molecule has 0 amide bonds. The van der Waals surface area contributed by atoms with Gasteiger partial charge in [0.1, 0.15) is 0 Å². The highest BCUT2D eigenvalue weighted by Crippen LogP contribution is 2.30. The topological polar surface area (TPSA) is 4.93 Å². The fourth-order valence-electron chi connectivity index (χ4n) is 3.22. The molecule has 1 atom stereocenters. The minimum absolute atomic E-state index is 0.542. The average Bonchev–Trinajstić information content (AvgIpc) is 3.12. The molecular formula is C21H19N. The van der Waals surface area contributed by atoms with E-state index < -0.39 is 0 Å². The fraction of sp³-hybridized carbons (Fsp3) is 0.143. The summed E-state index contributed by atoms with van der Waals surface area (Å²) in [7, 11) is 0. The number of fused-ring (bicyclic) bond motifs is 1. The molecule has 0 N–H and O–H groups in total. The van der Waals surface area contributed by atoms with Crippen LogP contribution < -0.4 is 0 Å². The van der Waals surface area contributed by atoms with Crippen LogP contribution in [0.1, 0.15) is 18.1 Å². The van der Waals surface area contributed by atoms with Gasteiger partial charge in [0.25, 0.3) is 0 Å². The Hall–Kier alpha value is -2.54. The molecule has 1 heterocycles. The van der Waals surface area contributed by atoms with Crippen LogP contribution in [0.15, 0.2) is 73.0 Å². The van der Waals surface area contributed by atoms with Crippen LogP contribution in [0.25, 0.3) is 22.2 Å². The Morgan fingerprint density at radius 3 is 2.55 bits per heavy atom. The first kappa shape index (κ1) is 13.1. The third-order valence-corrected chi connectivity index (χ3v) is 4.39. The van der Waals surface area contributed by atoms with Gasteiger partial charge in [-0.15, -0.1) is 0 Å². The van der Waals surface area contributed by atoms with Gasteiger partial charge in [-0.2, -0.15) is 0 Å². The monoisotopic (exact) mass is 285 g/mol. The van der Waals surface area contributed by atoms with E-state index in [0.717, 1.165) is 0 Å². The van der Waals surface area contributed by atoms with Crippen LogP contribution in [0.4, 0.5) is 0 Å². The summed E-state index contributed by atoms with van der Waals surface area (Å²) in [6, 6.07) is 17.3. The quantitative estimate of drug-likeness (QED) is 0.583. The maximum absolute atomic E-state index is 2.32. The van der Waals surface area contributed by atoms with E-state index in [-0.39, 0.29) is 0 Å². The lowest BCUT2D eigenvalue weighted by Gasteiger charge is -2.06. The highest BCUT2D eigenvalue weighted by Gasteiger charge is 2.11. The van der Waals surface area contributed by atoms with Crippen molar-refractivity contribution in [2.45, 2.75) is 13.8 Å². The molecule has 1 unspecified atom stereocenters. The van der Waals surface area contributed by atoms with Gasteiger partial charge in [-0.1, -0.05) is 49.4 Å². The Morgan fingerprint density at radius 2 is 1.82 bits per heavy atom. The molecule has 4 rings (SSSR count). The summed E-state index contributed by atoms with van der Waals surface area (Å²) in [5.41, 5.74) is 6.43. The van der Waals surface area contributed by atoms with E-state index in [1.165, 1.54) is 33.3 Å². The van der Waals surface area contributed by atoms with Gasteiger partial charge in [-0.05, 0) is 53.8 Å². The van der Waals surface area contributed by atoms with Crippen molar-refractivity contribution < 1.29 is 0 Å². The largest absolute Gasteiger partial charge is 0.316 e. The van der Waals surface area contributed by atoms with Crippen molar-refractivity contribution in [1.29, 1.82) is 0 Å². The third kappa shape index (κ3) is 2.10. The third-order valence-electron chi connectivity index (χ3n) is 4.39. The molecule has 0 aliphatic heterocycles. The van der Waals surface area contributed by atoms with Crippen molar-refractivity contribution >= 4 is 16.5 Å². The molecule has 0 radical (unpaired) electrons. The van der Waals surface area contributed by atoms with Crippen LogP contribution in [0.5, 0.6) is 0 Å². The molecule has 0 fully saturated rings. The van der Waals surface area contributed by atoms with E-state index in [9.17, 15) is 0 Å². The summed E-state index contributed by atoms with van der Waals surface area (Å²) in [5.74, 6) is 0.542. The number of aryl methyl sites for hydroxylation is 1. The Bertz CT molecular complexity index is 894. The first-order valence-electron chi connectivity index (χ1n) is 7.80. The van der Waals surface area contributed by atoms with Gasteiger partial charge < -0.3 is 4.57 Å². The van der Waals surface area contributed by atoms with E-state index in [4.69, 9.17) is 0 Å². The zero-order valence-corrected chi connectivity index (χ0v) is 13.0. The van der Waals surface area contributed by atoms with Gasteiger partial charge in [0.15, 0.2) is 0 Å². The highest BCUT2D eigenvalue weighted by atomic mass is 15.0. The van der Waals surface area contributed by atoms with Crippen molar-refractivity contribution in [3.63, 3.8) is 0 Å². The number of rotatable bonds is 2. The molecule has 108 valence electrons. The lowest BCUT2D eigenvalue weighted by molar-refractivity contribution is 0.959. The molecule has 0 saturated heterocycles. The average molecular weight is 285 g/mol. The van der Waals surface area contributed by atoms with Gasteiger partial charge in [-0.25, -0.2) is 0 Å². The van der Waals surface area contributed by atoms with Crippen molar-refractivity contribution in [3.8, 4) is 5.69 Å². The number of para-hydroxylation sites is 1. The molecular weight excluding hydrogens is 266 g/mol. The summed E-state index contributed by atoms with van der Waals surface area (Å²) >= 11 is 0. The minimum Gasteiger partial charge on any atom is -0.316 e. The second-order valence-corrected chi connectivity index (χ2v) is 6.09. The fourth-order valence-corrected chi connectivity index (χ4v) is 3.22. The van der Waals surface area contributed by atoms with Crippen molar-refractivity contribution in [2.24, 2.45) is 5.92 Å². The van der Waals surface area contributed by atoms with E-state index in [0.29, 0.717) is 5.92 Å². The molecule has 22 heavy (non-hydrogen) atoms. The van der Waals surface area contributed by atoms with Crippen molar-refractivity contribution in [1.82, 2.24) is 4.57 Å². The van der Waals surface area contributed by atoms with Crippen molar-refractivity contribution in [2.75, 3.05) is 0 Å². The molecule has 1 aliphatic carbocycles. The number of allylic oxidation sites excluding steroid dienone is 4. The van der Waals surface area contributed by atoms with Gasteiger partial charge in [0.05, 0.1) is 5.52 Å². The predicted molar refractivity (Wildman–Crippen MR) is 94.3 cm³/mol. The number of hydrogen-bond donors (Lipinski definition) is 0. The Kier molecular flexibility index (Phi) is 3.00.